The Labute approximate surface area is 187 Å². The number of pyridine rings is 1. The molecular formula is C23H22F3N3O4. The molecule has 1 aliphatic rings. The zero-order valence-electron chi connectivity index (χ0n) is 17.9. The molecule has 0 spiro atoms. The predicted molar refractivity (Wildman–Crippen MR) is 112 cm³/mol. The Bertz CT molecular complexity index is 1180. The Balaban J connectivity index is 1.62. The molecule has 10 heteroatoms. The number of amides is 1. The lowest BCUT2D eigenvalue weighted by atomic mass is 9.95. The Hall–Kier alpha value is -3.43. The van der Waals surface area contributed by atoms with Crippen LogP contribution < -0.4 is 5.32 Å². The van der Waals surface area contributed by atoms with Gasteiger partial charge >= 0.3 is 12.1 Å². The number of halogens is 3. The third-order valence-electron chi connectivity index (χ3n) is 5.65. The lowest BCUT2D eigenvalue weighted by Crippen LogP contribution is -2.38. The maximum atomic E-state index is 13.5. The summed E-state index contributed by atoms with van der Waals surface area (Å²) in [6, 6.07) is 6.16. The van der Waals surface area contributed by atoms with E-state index in [2.05, 4.69) is 15.5 Å². The summed E-state index contributed by atoms with van der Waals surface area (Å²) in [5.74, 6) is -1.30. The van der Waals surface area contributed by atoms with Gasteiger partial charge in [-0.05, 0) is 31.9 Å². The second kappa shape index (κ2) is 9.21. The number of nitrogens with one attached hydrogen (secondary N) is 1. The number of esters is 1. The molecule has 0 unspecified atom stereocenters. The van der Waals surface area contributed by atoms with E-state index in [4.69, 9.17) is 9.26 Å². The number of carbonyl (C=O) groups is 2. The summed E-state index contributed by atoms with van der Waals surface area (Å²) in [6.45, 7) is 1.07. The minimum absolute atomic E-state index is 0.0587. The van der Waals surface area contributed by atoms with Crippen molar-refractivity contribution in [3.8, 4) is 11.3 Å². The molecule has 7 nitrogen and oxygen atoms in total. The average molecular weight is 461 g/mol. The fourth-order valence-corrected chi connectivity index (χ4v) is 4.07. The van der Waals surface area contributed by atoms with Crippen LogP contribution >= 0.6 is 0 Å². The third kappa shape index (κ3) is 4.99. The first-order chi connectivity index (χ1) is 15.7. The molecule has 0 atom stereocenters. The van der Waals surface area contributed by atoms with Gasteiger partial charge in [-0.25, -0.2) is 9.78 Å². The van der Waals surface area contributed by atoms with Crippen LogP contribution in [0.3, 0.4) is 0 Å². The highest BCUT2D eigenvalue weighted by Gasteiger charge is 2.34. The van der Waals surface area contributed by atoms with Crippen LogP contribution in [-0.2, 0) is 15.7 Å². The molecular weight excluding hydrogens is 439 g/mol. The van der Waals surface area contributed by atoms with Crippen LogP contribution in [0, 0.1) is 6.92 Å². The van der Waals surface area contributed by atoms with Crippen molar-refractivity contribution in [3.05, 3.63) is 47.2 Å². The molecule has 1 saturated carbocycles. The normalized spacial score (nSPS) is 14.9. The van der Waals surface area contributed by atoms with Crippen molar-refractivity contribution in [2.45, 2.75) is 51.2 Å². The van der Waals surface area contributed by atoms with Crippen molar-refractivity contribution in [3.63, 3.8) is 0 Å². The summed E-state index contributed by atoms with van der Waals surface area (Å²) in [4.78, 5) is 29.2. The SMILES string of the molecule is Cc1noc2nc(-c3ccccc3C(F)(F)F)cc(C(=O)OCC(=O)NC3CCCCC3)c12. The number of ether oxygens (including phenoxy) is 1. The molecule has 0 bridgehead atoms. The van der Waals surface area contributed by atoms with Crippen molar-refractivity contribution in [1.29, 1.82) is 0 Å². The number of nitrogens with zero attached hydrogens (tertiary/aromatic N) is 2. The van der Waals surface area contributed by atoms with Crippen molar-refractivity contribution < 1.29 is 32.0 Å². The highest BCUT2D eigenvalue weighted by Crippen LogP contribution is 2.37. The Morgan fingerprint density at radius 3 is 2.64 bits per heavy atom. The van der Waals surface area contributed by atoms with E-state index < -0.39 is 30.2 Å². The summed E-state index contributed by atoms with van der Waals surface area (Å²) in [7, 11) is 0. The smallest absolute Gasteiger partial charge is 0.417 e. The van der Waals surface area contributed by atoms with Crippen molar-refractivity contribution >= 4 is 23.0 Å². The van der Waals surface area contributed by atoms with Gasteiger partial charge in [-0.3, -0.25) is 4.79 Å². The molecule has 2 heterocycles. The summed E-state index contributed by atoms with van der Waals surface area (Å²) >= 11 is 0. The molecule has 0 aliphatic heterocycles. The highest BCUT2D eigenvalue weighted by atomic mass is 19.4. The maximum Gasteiger partial charge on any atom is 0.417 e. The molecule has 1 N–H and O–H groups in total. The van der Waals surface area contributed by atoms with Crippen LogP contribution in [0.15, 0.2) is 34.9 Å². The van der Waals surface area contributed by atoms with E-state index in [9.17, 15) is 22.8 Å². The van der Waals surface area contributed by atoms with E-state index in [0.717, 1.165) is 38.2 Å². The van der Waals surface area contributed by atoms with Gasteiger partial charge < -0.3 is 14.6 Å². The van der Waals surface area contributed by atoms with Crippen LogP contribution in [0.25, 0.3) is 22.4 Å². The monoisotopic (exact) mass is 461 g/mol. The lowest BCUT2D eigenvalue weighted by Gasteiger charge is -2.22. The van der Waals surface area contributed by atoms with Crippen LogP contribution in [0.4, 0.5) is 13.2 Å². The summed E-state index contributed by atoms with van der Waals surface area (Å²) in [6.07, 6.45) is 0.349. The third-order valence-corrected chi connectivity index (χ3v) is 5.65. The van der Waals surface area contributed by atoms with Gasteiger partial charge in [-0.1, -0.05) is 42.6 Å². The molecule has 0 radical (unpaired) electrons. The van der Waals surface area contributed by atoms with Crippen molar-refractivity contribution in [2.75, 3.05) is 6.61 Å². The minimum Gasteiger partial charge on any atom is -0.452 e. The van der Waals surface area contributed by atoms with Gasteiger partial charge in [-0.15, -0.1) is 0 Å². The van der Waals surface area contributed by atoms with Gasteiger partial charge in [0.25, 0.3) is 11.6 Å². The lowest BCUT2D eigenvalue weighted by molar-refractivity contribution is -0.137. The number of carbonyl (C=O) groups excluding carboxylic acids is 2. The van der Waals surface area contributed by atoms with Crippen LogP contribution in [0.2, 0.25) is 0 Å². The van der Waals surface area contributed by atoms with Crippen LogP contribution in [0.1, 0.15) is 53.7 Å². The zero-order valence-corrected chi connectivity index (χ0v) is 17.9. The molecule has 33 heavy (non-hydrogen) atoms. The quantitative estimate of drug-likeness (QED) is 0.548. The van der Waals surface area contributed by atoms with Gasteiger partial charge in [0.2, 0.25) is 0 Å². The summed E-state index contributed by atoms with van der Waals surface area (Å²) < 4.78 is 50.8. The van der Waals surface area contributed by atoms with Gasteiger partial charge in [0.05, 0.1) is 27.9 Å². The molecule has 2 aromatic heterocycles. The van der Waals surface area contributed by atoms with E-state index in [-0.39, 0.29) is 34.0 Å². The molecule has 1 aromatic carbocycles. The predicted octanol–water partition coefficient (Wildman–Crippen LogP) is 4.82. The zero-order chi connectivity index (χ0) is 23.6. The number of aryl methyl sites for hydroxylation is 1. The second-order valence-electron chi connectivity index (χ2n) is 8.03. The van der Waals surface area contributed by atoms with Crippen molar-refractivity contribution in [2.24, 2.45) is 0 Å². The van der Waals surface area contributed by atoms with Crippen LogP contribution in [-0.4, -0.2) is 34.7 Å². The maximum absolute atomic E-state index is 13.5. The standard InChI is InChI=1S/C23H22F3N3O4/c1-13-20-16(22(31)32-12-19(30)27-14-7-3-2-4-8-14)11-18(28-21(20)33-29-13)15-9-5-6-10-17(15)23(24,25)26/h5-6,9-11,14H,2-4,7-8,12H2,1H3,(H,27,30). The Morgan fingerprint density at radius 1 is 1.18 bits per heavy atom. The first-order valence-corrected chi connectivity index (χ1v) is 10.6. The molecule has 4 rings (SSSR count). The molecule has 174 valence electrons. The first-order valence-electron chi connectivity index (χ1n) is 10.6. The fraction of sp³-hybridized carbons (Fsp3) is 0.391. The average Bonchev–Trinajstić information content (AvgIpc) is 3.17. The molecule has 1 amide bonds. The number of benzene rings is 1. The number of fused-ring (bicyclic) bond motifs is 1. The molecule has 3 aromatic rings. The largest absolute Gasteiger partial charge is 0.452 e. The van der Waals surface area contributed by atoms with E-state index in [0.29, 0.717) is 5.69 Å². The first kappa shape index (κ1) is 22.8. The minimum atomic E-state index is -4.62. The van der Waals surface area contributed by atoms with E-state index in [1.807, 2.05) is 0 Å². The number of hydrogen-bond donors (Lipinski definition) is 1. The Kier molecular flexibility index (Phi) is 6.35. The van der Waals surface area contributed by atoms with Crippen molar-refractivity contribution in [1.82, 2.24) is 15.5 Å². The van der Waals surface area contributed by atoms with Gasteiger partial charge in [-0.2, -0.15) is 13.2 Å². The fourth-order valence-electron chi connectivity index (χ4n) is 4.07. The molecule has 1 fully saturated rings. The Morgan fingerprint density at radius 2 is 1.91 bits per heavy atom. The van der Waals surface area contributed by atoms with Gasteiger partial charge in [0.15, 0.2) is 6.61 Å². The second-order valence-corrected chi connectivity index (χ2v) is 8.03. The van der Waals surface area contributed by atoms with E-state index >= 15 is 0 Å². The van der Waals surface area contributed by atoms with Gasteiger partial charge in [0.1, 0.15) is 0 Å². The van der Waals surface area contributed by atoms with Gasteiger partial charge in [0, 0.05) is 11.6 Å². The number of alkyl halides is 3. The molecule has 1 aliphatic carbocycles. The number of aromatic nitrogens is 2. The van der Waals surface area contributed by atoms with E-state index in [1.165, 1.54) is 24.3 Å². The summed E-state index contributed by atoms with van der Waals surface area (Å²) in [5.41, 5.74) is -1.09. The topological polar surface area (TPSA) is 94.3 Å². The van der Waals surface area contributed by atoms with E-state index in [1.54, 1.807) is 6.92 Å². The summed E-state index contributed by atoms with van der Waals surface area (Å²) in [5, 5.41) is 6.84. The number of rotatable bonds is 5. The highest BCUT2D eigenvalue weighted by molar-refractivity contribution is 6.04. The number of hydrogen-bond acceptors (Lipinski definition) is 6. The molecule has 0 saturated heterocycles. The van der Waals surface area contributed by atoms with Crippen LogP contribution in [0.5, 0.6) is 0 Å².